The fourth-order valence-corrected chi connectivity index (χ4v) is 7.70. The quantitative estimate of drug-likeness (QED) is 0.196. The number of nitrogens with zero attached hydrogens (tertiary/aromatic N) is 3. The van der Waals surface area contributed by atoms with E-state index in [1.54, 1.807) is 0 Å². The SMILES string of the molecule is c1ccc(-c2nc(-c3cccc(-n4c5ccccc5c5c6c7ccccc7oc6c6oc7ccccc7c6c54)c3)nc3ccccc23)cc1. The summed E-state index contributed by atoms with van der Waals surface area (Å²) in [6.07, 6.45) is 0. The highest BCUT2D eigenvalue weighted by molar-refractivity contribution is 6.38. The van der Waals surface area contributed by atoms with Crippen LogP contribution >= 0.6 is 0 Å². The molecule has 0 N–H and O–H groups in total. The van der Waals surface area contributed by atoms with Gasteiger partial charge in [-0.2, -0.15) is 0 Å². The highest BCUT2D eigenvalue weighted by Crippen LogP contribution is 2.48. The molecule has 4 aromatic heterocycles. The molecule has 7 aromatic carbocycles. The molecule has 5 nitrogen and oxygen atoms in total. The maximum Gasteiger partial charge on any atom is 0.180 e. The number of aromatic nitrogens is 3. The van der Waals surface area contributed by atoms with Crippen molar-refractivity contribution >= 4 is 76.6 Å². The van der Waals surface area contributed by atoms with Crippen molar-refractivity contribution in [2.24, 2.45) is 0 Å². The Hall–Kier alpha value is -6.72. The second-order valence-corrected chi connectivity index (χ2v) is 12.5. The van der Waals surface area contributed by atoms with Gasteiger partial charge >= 0.3 is 0 Å². The van der Waals surface area contributed by atoms with Crippen LogP contribution in [0.3, 0.4) is 0 Å². The smallest absolute Gasteiger partial charge is 0.180 e. The van der Waals surface area contributed by atoms with E-state index in [4.69, 9.17) is 18.8 Å². The van der Waals surface area contributed by atoms with Crippen LogP contribution < -0.4 is 0 Å². The third-order valence-corrected chi connectivity index (χ3v) is 9.77. The molecule has 0 atom stereocenters. The Kier molecular flexibility index (Phi) is 5.32. The first kappa shape index (κ1) is 26.4. The molecule has 0 spiro atoms. The van der Waals surface area contributed by atoms with Crippen LogP contribution in [0.15, 0.2) is 160 Å². The van der Waals surface area contributed by atoms with Crippen LogP contribution in [0.4, 0.5) is 0 Å². The Morgan fingerprint density at radius 3 is 1.86 bits per heavy atom. The van der Waals surface area contributed by atoms with Gasteiger partial charge in [0.1, 0.15) is 11.2 Å². The van der Waals surface area contributed by atoms with Crippen LogP contribution in [0.5, 0.6) is 0 Å². The van der Waals surface area contributed by atoms with E-state index < -0.39 is 0 Å². The van der Waals surface area contributed by atoms with Gasteiger partial charge in [-0.15, -0.1) is 0 Å². The number of fused-ring (bicyclic) bond motifs is 13. The number of para-hydroxylation sites is 4. The van der Waals surface area contributed by atoms with Crippen molar-refractivity contribution in [3.8, 4) is 28.3 Å². The largest absolute Gasteiger partial charge is 0.452 e. The molecule has 11 aromatic rings. The number of benzene rings is 7. The molecule has 11 rings (SSSR count). The number of hydrogen-bond acceptors (Lipinski definition) is 4. The highest BCUT2D eigenvalue weighted by atomic mass is 16.4. The summed E-state index contributed by atoms with van der Waals surface area (Å²) in [4.78, 5) is 10.3. The van der Waals surface area contributed by atoms with Crippen molar-refractivity contribution in [1.29, 1.82) is 0 Å². The second kappa shape index (κ2) is 9.89. The lowest BCUT2D eigenvalue weighted by atomic mass is 10.0. The van der Waals surface area contributed by atoms with Crippen LogP contribution in [-0.2, 0) is 0 Å². The zero-order valence-electron chi connectivity index (χ0n) is 26.1. The van der Waals surface area contributed by atoms with E-state index in [0.29, 0.717) is 5.82 Å². The van der Waals surface area contributed by atoms with Crippen LogP contribution in [0.1, 0.15) is 0 Å². The molecule has 0 aliphatic carbocycles. The summed E-state index contributed by atoms with van der Waals surface area (Å²) in [6, 6.07) is 52.3. The van der Waals surface area contributed by atoms with Crippen molar-refractivity contribution in [2.75, 3.05) is 0 Å². The molecule has 0 amide bonds. The first-order valence-electron chi connectivity index (χ1n) is 16.4. The van der Waals surface area contributed by atoms with Crippen molar-refractivity contribution in [3.63, 3.8) is 0 Å². The summed E-state index contributed by atoms with van der Waals surface area (Å²) in [5, 5.41) is 7.55. The molecular formula is C44H25N3O2. The minimum absolute atomic E-state index is 0.683. The van der Waals surface area contributed by atoms with Gasteiger partial charge in [-0.25, -0.2) is 9.97 Å². The van der Waals surface area contributed by atoms with Crippen LogP contribution in [0, 0.1) is 0 Å². The number of hydrogen-bond donors (Lipinski definition) is 0. The topological polar surface area (TPSA) is 57.0 Å². The zero-order chi connectivity index (χ0) is 32.1. The lowest BCUT2D eigenvalue weighted by molar-refractivity contribution is 0.633. The van der Waals surface area contributed by atoms with E-state index in [2.05, 4.69) is 114 Å². The van der Waals surface area contributed by atoms with Gasteiger partial charge < -0.3 is 13.4 Å². The summed E-state index contributed by atoms with van der Waals surface area (Å²) in [5.74, 6) is 0.683. The Morgan fingerprint density at radius 1 is 0.449 bits per heavy atom. The van der Waals surface area contributed by atoms with E-state index in [0.717, 1.165) is 99.1 Å². The van der Waals surface area contributed by atoms with Crippen molar-refractivity contribution in [3.05, 3.63) is 152 Å². The molecule has 5 heteroatoms. The van der Waals surface area contributed by atoms with Gasteiger partial charge in [0, 0.05) is 49.1 Å². The molecule has 0 aliphatic rings. The number of rotatable bonds is 3. The van der Waals surface area contributed by atoms with Crippen LogP contribution in [0.2, 0.25) is 0 Å². The van der Waals surface area contributed by atoms with Crippen molar-refractivity contribution in [2.45, 2.75) is 0 Å². The first-order valence-corrected chi connectivity index (χ1v) is 16.4. The van der Waals surface area contributed by atoms with Gasteiger partial charge in [0.25, 0.3) is 0 Å². The van der Waals surface area contributed by atoms with E-state index in [1.165, 1.54) is 0 Å². The third kappa shape index (κ3) is 3.70. The molecule has 49 heavy (non-hydrogen) atoms. The molecule has 0 bridgehead atoms. The summed E-state index contributed by atoms with van der Waals surface area (Å²) in [7, 11) is 0. The first-order chi connectivity index (χ1) is 24.3. The summed E-state index contributed by atoms with van der Waals surface area (Å²) >= 11 is 0. The van der Waals surface area contributed by atoms with E-state index >= 15 is 0 Å². The predicted octanol–water partition coefficient (Wildman–Crippen LogP) is 11.9. The van der Waals surface area contributed by atoms with E-state index in [1.807, 2.05) is 42.5 Å². The monoisotopic (exact) mass is 627 g/mol. The van der Waals surface area contributed by atoms with Crippen molar-refractivity contribution in [1.82, 2.24) is 14.5 Å². The maximum atomic E-state index is 6.65. The standard InChI is InChI=1S/C44H25N3O2/c1-2-13-26(14-3-1)40-29-17-4-8-21-33(29)45-44(46-40)27-15-12-16-28(25-27)47-34-22-9-5-18-30(34)37-38-31-19-6-10-23-35(31)48-42(38)43-39(41(37)47)32-20-7-11-24-36(32)49-43/h1-25H. The van der Waals surface area contributed by atoms with E-state index in [9.17, 15) is 0 Å². The molecule has 228 valence electrons. The predicted molar refractivity (Wildman–Crippen MR) is 199 cm³/mol. The van der Waals surface area contributed by atoms with E-state index in [-0.39, 0.29) is 0 Å². The lowest BCUT2D eigenvalue weighted by Gasteiger charge is -2.12. The zero-order valence-corrected chi connectivity index (χ0v) is 26.1. The molecule has 0 saturated carbocycles. The Balaban J connectivity index is 1.27. The van der Waals surface area contributed by atoms with Gasteiger partial charge in [0.15, 0.2) is 17.0 Å². The van der Waals surface area contributed by atoms with Gasteiger partial charge in [-0.3, -0.25) is 0 Å². The normalized spacial score (nSPS) is 12.1. The average molecular weight is 628 g/mol. The Morgan fingerprint density at radius 2 is 1.06 bits per heavy atom. The fourth-order valence-electron chi connectivity index (χ4n) is 7.70. The minimum atomic E-state index is 0.683. The fraction of sp³-hybridized carbons (Fsp3) is 0. The number of furan rings is 2. The van der Waals surface area contributed by atoms with Gasteiger partial charge in [-0.05, 0) is 36.4 Å². The Labute approximate surface area is 279 Å². The highest BCUT2D eigenvalue weighted by Gasteiger charge is 2.26. The minimum Gasteiger partial charge on any atom is -0.452 e. The van der Waals surface area contributed by atoms with Crippen LogP contribution in [-0.4, -0.2) is 14.5 Å². The third-order valence-electron chi connectivity index (χ3n) is 9.77. The molecule has 4 heterocycles. The Bertz CT molecular complexity index is 3110. The molecule has 0 saturated heterocycles. The molecule has 0 aliphatic heterocycles. The van der Waals surface area contributed by atoms with Gasteiger partial charge in [-0.1, -0.05) is 115 Å². The van der Waals surface area contributed by atoms with Crippen molar-refractivity contribution < 1.29 is 8.83 Å². The summed E-state index contributed by atoms with van der Waals surface area (Å²) in [6.45, 7) is 0. The summed E-state index contributed by atoms with van der Waals surface area (Å²) in [5.41, 5.74) is 10.2. The molecular weight excluding hydrogens is 603 g/mol. The van der Waals surface area contributed by atoms with Crippen LogP contribution in [0.25, 0.3) is 105 Å². The maximum absolute atomic E-state index is 6.65. The lowest BCUT2D eigenvalue weighted by Crippen LogP contribution is -1.98. The molecule has 0 unspecified atom stereocenters. The van der Waals surface area contributed by atoms with Gasteiger partial charge in [0.2, 0.25) is 0 Å². The summed E-state index contributed by atoms with van der Waals surface area (Å²) < 4.78 is 15.6. The van der Waals surface area contributed by atoms with Gasteiger partial charge in [0.05, 0.1) is 27.6 Å². The molecule has 0 fully saturated rings. The average Bonchev–Trinajstić information content (AvgIpc) is 3.85. The molecule has 0 radical (unpaired) electrons. The second-order valence-electron chi connectivity index (χ2n) is 12.5.